The van der Waals surface area contributed by atoms with Gasteiger partial charge in [-0.3, -0.25) is 14.8 Å². The molecule has 0 spiro atoms. The van der Waals surface area contributed by atoms with E-state index in [0.29, 0.717) is 10.8 Å². The summed E-state index contributed by atoms with van der Waals surface area (Å²) in [5.74, 6) is -0.307. The second-order valence-electron chi connectivity index (χ2n) is 6.01. The first-order chi connectivity index (χ1) is 12.4. The highest BCUT2D eigenvalue weighted by Crippen LogP contribution is 2.24. The number of aryl methyl sites for hydroxylation is 3. The molecule has 0 aromatic carbocycles. The van der Waals surface area contributed by atoms with Crippen LogP contribution in [-0.4, -0.2) is 35.3 Å². The van der Waals surface area contributed by atoms with Crippen molar-refractivity contribution in [2.75, 3.05) is 5.32 Å². The van der Waals surface area contributed by atoms with E-state index in [-0.39, 0.29) is 11.6 Å². The molecular formula is C17H17N7OS. The SMILES string of the molecule is Cc1nc(NC(=O)c2cc3nccc(-c4cnn(C)c4C)n3n2)sc1C. The quantitative estimate of drug-likeness (QED) is 0.601. The molecule has 4 heterocycles. The zero-order chi connectivity index (χ0) is 18.4. The van der Waals surface area contributed by atoms with Gasteiger partial charge in [-0.25, -0.2) is 14.5 Å². The number of thiazole rings is 1. The molecule has 132 valence electrons. The Bertz CT molecular complexity index is 1120. The standard InChI is InChI=1S/C17H17N7OS/c1-9-11(3)26-17(20-9)21-16(25)13-7-15-18-6-5-14(24(15)22-13)12-8-19-23(4)10(12)2/h5-8H,1-4H3,(H,20,21,25). The number of hydrogen-bond acceptors (Lipinski definition) is 6. The van der Waals surface area contributed by atoms with E-state index in [1.54, 1.807) is 27.7 Å². The lowest BCUT2D eigenvalue weighted by atomic mass is 10.2. The third-order valence-electron chi connectivity index (χ3n) is 4.35. The zero-order valence-corrected chi connectivity index (χ0v) is 15.6. The van der Waals surface area contributed by atoms with Gasteiger partial charge in [-0.15, -0.1) is 11.3 Å². The number of carbonyl (C=O) groups excluding carboxylic acids is 1. The minimum atomic E-state index is -0.307. The molecule has 8 nitrogen and oxygen atoms in total. The van der Waals surface area contributed by atoms with Gasteiger partial charge < -0.3 is 0 Å². The van der Waals surface area contributed by atoms with Crippen molar-refractivity contribution in [3.05, 3.63) is 46.5 Å². The van der Waals surface area contributed by atoms with Crippen molar-refractivity contribution in [2.45, 2.75) is 20.8 Å². The summed E-state index contributed by atoms with van der Waals surface area (Å²) in [4.78, 5) is 22.3. The molecule has 0 unspecified atom stereocenters. The molecule has 1 amide bonds. The Hall–Kier alpha value is -3.07. The van der Waals surface area contributed by atoms with Crippen LogP contribution in [0, 0.1) is 20.8 Å². The minimum Gasteiger partial charge on any atom is -0.296 e. The molecule has 4 rings (SSSR count). The molecule has 0 bridgehead atoms. The number of nitrogens with one attached hydrogen (secondary N) is 1. The summed E-state index contributed by atoms with van der Waals surface area (Å²) in [6.07, 6.45) is 3.49. The van der Waals surface area contributed by atoms with Crippen LogP contribution in [0.1, 0.15) is 26.8 Å². The monoisotopic (exact) mass is 367 g/mol. The topological polar surface area (TPSA) is 90.0 Å². The van der Waals surface area contributed by atoms with Gasteiger partial charge in [0.05, 0.1) is 17.6 Å². The zero-order valence-electron chi connectivity index (χ0n) is 14.8. The van der Waals surface area contributed by atoms with Crippen LogP contribution < -0.4 is 5.32 Å². The van der Waals surface area contributed by atoms with Crippen molar-refractivity contribution in [3.63, 3.8) is 0 Å². The number of fused-ring (bicyclic) bond motifs is 1. The molecule has 0 atom stereocenters. The van der Waals surface area contributed by atoms with Gasteiger partial charge >= 0.3 is 0 Å². The van der Waals surface area contributed by atoms with Crippen molar-refractivity contribution in [1.29, 1.82) is 0 Å². The molecule has 0 radical (unpaired) electrons. The molecule has 0 saturated carbocycles. The highest BCUT2D eigenvalue weighted by Gasteiger charge is 2.17. The predicted molar refractivity (Wildman–Crippen MR) is 99.5 cm³/mol. The van der Waals surface area contributed by atoms with Crippen molar-refractivity contribution < 1.29 is 4.79 Å². The average molecular weight is 367 g/mol. The average Bonchev–Trinajstić information content (AvgIpc) is 3.27. The Morgan fingerprint density at radius 3 is 2.73 bits per heavy atom. The van der Waals surface area contributed by atoms with Crippen LogP contribution in [0.2, 0.25) is 0 Å². The predicted octanol–water partition coefficient (Wildman–Crippen LogP) is 2.76. The van der Waals surface area contributed by atoms with Gasteiger partial charge in [0.1, 0.15) is 0 Å². The second-order valence-corrected chi connectivity index (χ2v) is 7.21. The number of rotatable bonds is 3. The summed E-state index contributed by atoms with van der Waals surface area (Å²) in [5, 5.41) is 12.1. The fourth-order valence-corrected chi connectivity index (χ4v) is 3.46. The Morgan fingerprint density at radius 1 is 1.27 bits per heavy atom. The lowest BCUT2D eigenvalue weighted by molar-refractivity contribution is 0.102. The Morgan fingerprint density at radius 2 is 2.08 bits per heavy atom. The van der Waals surface area contributed by atoms with Crippen molar-refractivity contribution in [1.82, 2.24) is 29.4 Å². The lowest BCUT2D eigenvalue weighted by Crippen LogP contribution is -2.12. The van der Waals surface area contributed by atoms with Gasteiger partial charge in [0.15, 0.2) is 16.5 Å². The van der Waals surface area contributed by atoms with E-state index in [0.717, 1.165) is 27.5 Å². The smallest absolute Gasteiger partial charge is 0.278 e. The van der Waals surface area contributed by atoms with E-state index < -0.39 is 0 Å². The van der Waals surface area contributed by atoms with E-state index in [1.165, 1.54) is 11.3 Å². The van der Waals surface area contributed by atoms with Gasteiger partial charge in [0, 0.05) is 35.4 Å². The van der Waals surface area contributed by atoms with E-state index in [1.807, 2.05) is 33.9 Å². The molecule has 9 heteroatoms. The summed E-state index contributed by atoms with van der Waals surface area (Å²) < 4.78 is 3.46. The molecule has 0 aliphatic rings. The van der Waals surface area contributed by atoms with Crippen LogP contribution in [0.15, 0.2) is 24.5 Å². The molecule has 0 aliphatic carbocycles. The van der Waals surface area contributed by atoms with Crippen molar-refractivity contribution >= 4 is 28.0 Å². The summed E-state index contributed by atoms with van der Waals surface area (Å²) >= 11 is 1.44. The lowest BCUT2D eigenvalue weighted by Gasteiger charge is -2.03. The molecule has 4 aromatic rings. The number of anilines is 1. The fraction of sp³-hybridized carbons (Fsp3) is 0.235. The highest BCUT2D eigenvalue weighted by molar-refractivity contribution is 7.15. The Labute approximate surface area is 153 Å². The first-order valence-electron chi connectivity index (χ1n) is 8.03. The maximum Gasteiger partial charge on any atom is 0.278 e. The van der Waals surface area contributed by atoms with Crippen LogP contribution >= 0.6 is 11.3 Å². The number of hydrogen-bond donors (Lipinski definition) is 1. The van der Waals surface area contributed by atoms with Gasteiger partial charge in [-0.2, -0.15) is 10.2 Å². The second kappa shape index (κ2) is 6.03. The van der Waals surface area contributed by atoms with Crippen LogP contribution in [0.5, 0.6) is 0 Å². The van der Waals surface area contributed by atoms with E-state index in [9.17, 15) is 4.79 Å². The molecule has 0 fully saturated rings. The van der Waals surface area contributed by atoms with Gasteiger partial charge in [0.25, 0.3) is 5.91 Å². The molecule has 4 aromatic heterocycles. The van der Waals surface area contributed by atoms with Crippen molar-refractivity contribution in [2.24, 2.45) is 7.05 Å². The molecule has 0 saturated heterocycles. The van der Waals surface area contributed by atoms with Gasteiger partial charge in [-0.1, -0.05) is 0 Å². The maximum atomic E-state index is 12.6. The first-order valence-corrected chi connectivity index (χ1v) is 8.85. The third kappa shape index (κ3) is 2.66. The number of carbonyl (C=O) groups is 1. The Balaban J connectivity index is 1.72. The van der Waals surface area contributed by atoms with Crippen LogP contribution in [0.4, 0.5) is 5.13 Å². The maximum absolute atomic E-state index is 12.6. The summed E-state index contributed by atoms with van der Waals surface area (Å²) in [6, 6.07) is 3.52. The fourth-order valence-electron chi connectivity index (χ4n) is 2.65. The minimum absolute atomic E-state index is 0.289. The number of amides is 1. The summed E-state index contributed by atoms with van der Waals surface area (Å²) in [7, 11) is 1.89. The van der Waals surface area contributed by atoms with E-state index in [2.05, 4.69) is 25.5 Å². The van der Waals surface area contributed by atoms with E-state index in [4.69, 9.17) is 0 Å². The first kappa shape index (κ1) is 16.4. The van der Waals surface area contributed by atoms with Gasteiger partial charge in [0.2, 0.25) is 0 Å². The van der Waals surface area contributed by atoms with Crippen LogP contribution in [0.25, 0.3) is 16.9 Å². The highest BCUT2D eigenvalue weighted by atomic mass is 32.1. The molecular weight excluding hydrogens is 350 g/mol. The largest absolute Gasteiger partial charge is 0.296 e. The third-order valence-corrected chi connectivity index (χ3v) is 5.34. The molecule has 1 N–H and O–H groups in total. The van der Waals surface area contributed by atoms with Crippen molar-refractivity contribution in [3.8, 4) is 11.3 Å². The summed E-state index contributed by atoms with van der Waals surface area (Å²) in [6.45, 7) is 5.87. The summed E-state index contributed by atoms with van der Waals surface area (Å²) in [5.41, 5.74) is 4.59. The normalized spacial score (nSPS) is 11.2. The molecule has 26 heavy (non-hydrogen) atoms. The Kier molecular flexibility index (Phi) is 3.80. The van der Waals surface area contributed by atoms with Crippen LogP contribution in [0.3, 0.4) is 0 Å². The number of nitrogens with zero attached hydrogens (tertiary/aromatic N) is 6. The van der Waals surface area contributed by atoms with Gasteiger partial charge in [-0.05, 0) is 26.8 Å². The van der Waals surface area contributed by atoms with Crippen LogP contribution in [-0.2, 0) is 7.05 Å². The number of aromatic nitrogens is 6. The molecule has 0 aliphatic heterocycles. The van der Waals surface area contributed by atoms with E-state index >= 15 is 0 Å².